The van der Waals surface area contributed by atoms with E-state index in [9.17, 15) is 9.90 Å². The minimum atomic E-state index is -1.31. The lowest BCUT2D eigenvalue weighted by atomic mass is 10.0. The van der Waals surface area contributed by atoms with E-state index in [-0.39, 0.29) is 0 Å². The summed E-state index contributed by atoms with van der Waals surface area (Å²) in [7, 11) is 0. The molecule has 0 bridgehead atoms. The molecule has 2 rings (SSSR count). The second-order valence-corrected chi connectivity index (χ2v) is 5.18. The first-order valence-corrected chi connectivity index (χ1v) is 7.35. The normalized spacial score (nSPS) is 17.4. The van der Waals surface area contributed by atoms with Crippen LogP contribution in [0.5, 0.6) is 0 Å². The zero-order valence-corrected chi connectivity index (χ0v) is 12.3. The fourth-order valence-electron chi connectivity index (χ4n) is 2.44. The molecule has 118 valence electrons. The Kier molecular flexibility index (Phi) is 6.21. The van der Waals surface area contributed by atoms with E-state index in [4.69, 9.17) is 10.3 Å². The third-order valence-corrected chi connectivity index (χ3v) is 3.71. The Morgan fingerprint density at radius 1 is 1.36 bits per heavy atom. The summed E-state index contributed by atoms with van der Waals surface area (Å²) in [6.45, 7) is 1.85. The maximum Gasteiger partial charge on any atom is 0.251 e. The topological polar surface area (TPSA) is 98.5 Å². The van der Waals surface area contributed by atoms with Gasteiger partial charge in [-0.25, -0.2) is 0 Å². The number of hydrogen-bond acceptors (Lipinski definition) is 4. The fraction of sp³-hybridized carbons (Fsp3) is 0.533. The molecule has 7 nitrogen and oxygen atoms in total. The molecule has 1 heterocycles. The minimum absolute atomic E-state index is 0.395. The molecule has 0 unspecified atom stereocenters. The van der Waals surface area contributed by atoms with Crippen LogP contribution in [0.25, 0.3) is 10.4 Å². The summed E-state index contributed by atoms with van der Waals surface area (Å²) >= 11 is 0. The largest absolute Gasteiger partial charge is 0.383 e. The number of azide groups is 1. The van der Waals surface area contributed by atoms with Crippen molar-refractivity contribution in [2.45, 2.75) is 25.0 Å². The van der Waals surface area contributed by atoms with Crippen LogP contribution in [0, 0.1) is 0 Å². The number of aliphatic hydroxyl groups is 1. The molecule has 1 saturated heterocycles. The summed E-state index contributed by atoms with van der Waals surface area (Å²) < 4.78 is 5.19. The number of carbonyl (C=O) groups is 1. The molecule has 7 heteroatoms. The van der Waals surface area contributed by atoms with Crippen LogP contribution < -0.4 is 0 Å². The molecule has 1 fully saturated rings. The van der Waals surface area contributed by atoms with Gasteiger partial charge in [-0.2, -0.15) is 0 Å². The first-order valence-electron chi connectivity index (χ1n) is 7.35. The lowest BCUT2D eigenvalue weighted by Gasteiger charge is -2.30. The van der Waals surface area contributed by atoms with Crippen LogP contribution in [0.3, 0.4) is 0 Å². The molecule has 0 aliphatic carbocycles. The minimum Gasteiger partial charge on any atom is -0.383 e. The van der Waals surface area contributed by atoms with E-state index < -0.39 is 18.1 Å². The number of carbonyl (C=O) groups excluding carboxylic acids is 1. The molecule has 0 saturated carbocycles. The average molecular weight is 304 g/mol. The van der Waals surface area contributed by atoms with Gasteiger partial charge in [-0.15, -0.1) is 0 Å². The second kappa shape index (κ2) is 8.38. The molecular formula is C15H20N4O3. The van der Waals surface area contributed by atoms with Gasteiger partial charge >= 0.3 is 0 Å². The van der Waals surface area contributed by atoms with Gasteiger partial charge in [-0.1, -0.05) is 35.4 Å². The highest BCUT2D eigenvalue weighted by molar-refractivity contribution is 5.81. The van der Waals surface area contributed by atoms with Gasteiger partial charge in [0, 0.05) is 18.0 Å². The number of amides is 1. The number of aryl methyl sites for hydroxylation is 1. The van der Waals surface area contributed by atoms with Crippen molar-refractivity contribution in [1.82, 2.24) is 4.90 Å². The van der Waals surface area contributed by atoms with Gasteiger partial charge in [0.1, 0.15) is 6.10 Å². The van der Waals surface area contributed by atoms with Crippen LogP contribution in [0.4, 0.5) is 0 Å². The zero-order chi connectivity index (χ0) is 15.8. The molecule has 0 spiro atoms. The van der Waals surface area contributed by atoms with Crippen molar-refractivity contribution in [3.8, 4) is 0 Å². The Labute approximate surface area is 129 Å². The molecule has 1 aromatic carbocycles. The molecular weight excluding hydrogens is 284 g/mol. The van der Waals surface area contributed by atoms with Gasteiger partial charge < -0.3 is 14.7 Å². The van der Waals surface area contributed by atoms with E-state index >= 15 is 0 Å². The highest BCUT2D eigenvalue weighted by Gasteiger charge is 2.30. The third kappa shape index (κ3) is 4.46. The number of hydrogen-bond donors (Lipinski definition) is 1. The summed E-state index contributed by atoms with van der Waals surface area (Å²) in [5.74, 6) is -0.395. The number of nitrogens with zero attached hydrogens (tertiary/aromatic N) is 4. The van der Waals surface area contributed by atoms with Crippen molar-refractivity contribution in [2.24, 2.45) is 5.11 Å². The van der Waals surface area contributed by atoms with Crippen LogP contribution in [-0.4, -0.2) is 54.4 Å². The molecule has 0 aromatic heterocycles. The number of ether oxygens (including phenoxy) is 1. The number of morpholine rings is 1. The van der Waals surface area contributed by atoms with E-state index in [0.717, 1.165) is 5.56 Å². The van der Waals surface area contributed by atoms with E-state index in [2.05, 4.69) is 10.0 Å². The number of aliphatic hydroxyl groups excluding tert-OH is 1. The van der Waals surface area contributed by atoms with Crippen molar-refractivity contribution in [3.05, 3.63) is 46.3 Å². The standard InChI is InChI=1S/C15H20N4O3/c16-18-17-13(7-6-12-4-2-1-3-5-12)14(20)15(21)19-8-10-22-11-9-19/h1-5,13-14,20H,6-11H2/t13-,14-/m1/s1. The van der Waals surface area contributed by atoms with Crippen molar-refractivity contribution in [3.63, 3.8) is 0 Å². The van der Waals surface area contributed by atoms with E-state index in [1.165, 1.54) is 0 Å². The van der Waals surface area contributed by atoms with E-state index in [1.54, 1.807) is 4.90 Å². The first-order chi connectivity index (χ1) is 10.7. The lowest BCUT2D eigenvalue weighted by molar-refractivity contribution is -0.145. The van der Waals surface area contributed by atoms with Crippen LogP contribution in [-0.2, 0) is 16.0 Å². The molecule has 1 N–H and O–H groups in total. The van der Waals surface area contributed by atoms with Gasteiger partial charge in [0.2, 0.25) is 0 Å². The Morgan fingerprint density at radius 3 is 2.68 bits per heavy atom. The highest BCUT2D eigenvalue weighted by atomic mass is 16.5. The van der Waals surface area contributed by atoms with Crippen molar-refractivity contribution >= 4 is 5.91 Å². The van der Waals surface area contributed by atoms with Crippen LogP contribution in [0.2, 0.25) is 0 Å². The monoisotopic (exact) mass is 304 g/mol. The summed E-state index contributed by atoms with van der Waals surface area (Å²) in [5.41, 5.74) is 9.75. The summed E-state index contributed by atoms with van der Waals surface area (Å²) in [5, 5.41) is 13.8. The van der Waals surface area contributed by atoms with Crippen molar-refractivity contribution < 1.29 is 14.6 Å². The van der Waals surface area contributed by atoms with Crippen LogP contribution in [0.15, 0.2) is 35.4 Å². The quantitative estimate of drug-likeness (QED) is 0.490. The van der Waals surface area contributed by atoms with Gasteiger partial charge in [0.15, 0.2) is 0 Å². The second-order valence-electron chi connectivity index (χ2n) is 5.18. The Balaban J connectivity index is 1.96. The third-order valence-electron chi connectivity index (χ3n) is 3.71. The van der Waals surface area contributed by atoms with Crippen molar-refractivity contribution in [1.29, 1.82) is 0 Å². The van der Waals surface area contributed by atoms with Gasteiger partial charge in [0.05, 0.1) is 19.3 Å². The van der Waals surface area contributed by atoms with E-state index in [1.807, 2.05) is 30.3 Å². The SMILES string of the molecule is [N-]=[N+]=N[C@H](CCc1ccccc1)[C@@H](O)C(=O)N1CCOCC1. The maximum absolute atomic E-state index is 12.3. The Morgan fingerprint density at radius 2 is 2.05 bits per heavy atom. The van der Waals surface area contributed by atoms with Gasteiger partial charge in [-0.05, 0) is 23.9 Å². The lowest BCUT2D eigenvalue weighted by Crippen LogP contribution is -2.48. The summed E-state index contributed by atoms with van der Waals surface area (Å²) in [4.78, 5) is 16.6. The molecule has 0 radical (unpaired) electrons. The zero-order valence-electron chi connectivity index (χ0n) is 12.3. The maximum atomic E-state index is 12.3. The average Bonchev–Trinajstić information content (AvgIpc) is 2.59. The molecule has 1 amide bonds. The fourth-order valence-corrected chi connectivity index (χ4v) is 2.44. The molecule has 1 aliphatic heterocycles. The first kappa shape index (κ1) is 16.3. The smallest absolute Gasteiger partial charge is 0.251 e. The molecule has 1 aromatic rings. The van der Waals surface area contributed by atoms with E-state index in [0.29, 0.717) is 39.1 Å². The predicted molar refractivity (Wildman–Crippen MR) is 81.1 cm³/mol. The van der Waals surface area contributed by atoms with Crippen LogP contribution >= 0.6 is 0 Å². The number of rotatable bonds is 6. The van der Waals surface area contributed by atoms with Crippen molar-refractivity contribution in [2.75, 3.05) is 26.3 Å². The van der Waals surface area contributed by atoms with Crippen LogP contribution in [0.1, 0.15) is 12.0 Å². The van der Waals surface area contributed by atoms with Gasteiger partial charge in [0.25, 0.3) is 5.91 Å². The Hall–Kier alpha value is -2.08. The van der Waals surface area contributed by atoms with Gasteiger partial charge in [-0.3, -0.25) is 4.79 Å². The summed E-state index contributed by atoms with van der Waals surface area (Å²) in [6.07, 6.45) is -0.249. The molecule has 2 atom stereocenters. The highest BCUT2D eigenvalue weighted by Crippen LogP contribution is 2.14. The Bertz CT molecular complexity index is 525. The molecule has 22 heavy (non-hydrogen) atoms. The summed E-state index contributed by atoms with van der Waals surface area (Å²) in [6, 6.07) is 8.93. The number of benzene rings is 1. The molecule has 1 aliphatic rings. The predicted octanol–water partition coefficient (Wildman–Crippen LogP) is 1.52.